The van der Waals surface area contributed by atoms with Gasteiger partial charge in [-0.1, -0.05) is 35.5 Å². The molecule has 1 N–H and O–H groups in total. The predicted molar refractivity (Wildman–Crippen MR) is 67.8 cm³/mol. The highest BCUT2D eigenvalue weighted by Crippen LogP contribution is 2.19. The van der Waals surface area contributed by atoms with E-state index < -0.39 is 0 Å². The first-order chi connectivity index (χ1) is 7.27. The van der Waals surface area contributed by atoms with E-state index in [-0.39, 0.29) is 0 Å². The smallest absolute Gasteiger partial charge is 0.156 e. The number of aliphatic imine (C=N–C) groups is 1. The molecule has 2 rings (SSSR count). The van der Waals surface area contributed by atoms with Gasteiger partial charge in [0, 0.05) is 17.3 Å². The van der Waals surface area contributed by atoms with Crippen molar-refractivity contribution in [3.63, 3.8) is 0 Å². The number of nitrogens with zero attached hydrogens (tertiary/aromatic N) is 1. The molecule has 1 aromatic carbocycles. The largest absolute Gasteiger partial charge is 0.361 e. The minimum atomic E-state index is 0.804. The van der Waals surface area contributed by atoms with Gasteiger partial charge in [-0.05, 0) is 24.1 Å². The zero-order chi connectivity index (χ0) is 10.7. The summed E-state index contributed by atoms with van der Waals surface area (Å²) in [7, 11) is 0. The minimum absolute atomic E-state index is 0.804. The fourth-order valence-electron chi connectivity index (χ4n) is 1.46. The summed E-state index contributed by atoms with van der Waals surface area (Å²) in [6.07, 6.45) is 0. The molecule has 0 saturated heterocycles. The van der Waals surface area contributed by atoms with Crippen molar-refractivity contribution in [1.82, 2.24) is 5.32 Å². The summed E-state index contributed by atoms with van der Waals surface area (Å²) in [6.45, 7) is 3.78. The highest BCUT2D eigenvalue weighted by atomic mass is 35.5. The van der Waals surface area contributed by atoms with E-state index >= 15 is 0 Å². The SMILES string of the molecule is Cc1c(Cl)cccc1CNC1=NCCS1. The maximum absolute atomic E-state index is 6.05. The number of hydrogen-bond acceptors (Lipinski definition) is 3. The van der Waals surface area contributed by atoms with Crippen LogP contribution in [0.3, 0.4) is 0 Å². The number of amidine groups is 1. The Balaban J connectivity index is 2.01. The van der Waals surface area contributed by atoms with E-state index in [0.29, 0.717) is 0 Å². The molecule has 1 aliphatic heterocycles. The molecule has 0 saturated carbocycles. The first kappa shape index (κ1) is 10.8. The zero-order valence-electron chi connectivity index (χ0n) is 8.59. The van der Waals surface area contributed by atoms with Gasteiger partial charge in [0.05, 0.1) is 6.54 Å². The molecule has 15 heavy (non-hydrogen) atoms. The van der Waals surface area contributed by atoms with Crippen molar-refractivity contribution in [1.29, 1.82) is 0 Å². The molecule has 0 atom stereocenters. The summed E-state index contributed by atoms with van der Waals surface area (Å²) in [5.74, 6) is 1.09. The highest BCUT2D eigenvalue weighted by Gasteiger charge is 2.07. The highest BCUT2D eigenvalue weighted by molar-refractivity contribution is 8.14. The molecule has 4 heteroatoms. The number of hydrogen-bond donors (Lipinski definition) is 1. The van der Waals surface area contributed by atoms with Crippen LogP contribution in [0.4, 0.5) is 0 Å². The van der Waals surface area contributed by atoms with Crippen molar-refractivity contribution in [2.45, 2.75) is 13.5 Å². The molecule has 0 unspecified atom stereocenters. The monoisotopic (exact) mass is 240 g/mol. The van der Waals surface area contributed by atoms with Gasteiger partial charge in [-0.3, -0.25) is 4.99 Å². The number of benzene rings is 1. The normalized spacial score (nSPS) is 15.2. The van der Waals surface area contributed by atoms with Crippen LogP contribution in [0.25, 0.3) is 0 Å². The molecule has 0 radical (unpaired) electrons. The van der Waals surface area contributed by atoms with E-state index in [1.165, 1.54) is 5.56 Å². The van der Waals surface area contributed by atoms with Crippen LogP contribution in [0.1, 0.15) is 11.1 Å². The molecule has 1 aliphatic rings. The van der Waals surface area contributed by atoms with Crippen molar-refractivity contribution in [2.75, 3.05) is 12.3 Å². The van der Waals surface area contributed by atoms with E-state index in [9.17, 15) is 0 Å². The Kier molecular flexibility index (Phi) is 3.54. The van der Waals surface area contributed by atoms with E-state index in [2.05, 4.69) is 16.4 Å². The van der Waals surface area contributed by atoms with Gasteiger partial charge >= 0.3 is 0 Å². The summed E-state index contributed by atoms with van der Waals surface area (Å²) in [5.41, 5.74) is 2.38. The molecule has 1 heterocycles. The van der Waals surface area contributed by atoms with Crippen LogP contribution in [0.15, 0.2) is 23.2 Å². The third-order valence-corrected chi connectivity index (χ3v) is 3.74. The van der Waals surface area contributed by atoms with Crippen LogP contribution in [0, 0.1) is 6.92 Å². The van der Waals surface area contributed by atoms with Crippen LogP contribution < -0.4 is 5.32 Å². The van der Waals surface area contributed by atoms with E-state index in [1.807, 2.05) is 19.1 Å². The molecule has 1 aromatic rings. The second kappa shape index (κ2) is 4.90. The van der Waals surface area contributed by atoms with Crippen LogP contribution in [0.5, 0.6) is 0 Å². The van der Waals surface area contributed by atoms with Gasteiger partial charge in [-0.25, -0.2) is 0 Å². The number of nitrogens with one attached hydrogen (secondary N) is 1. The number of rotatable bonds is 2. The molecule has 0 aliphatic carbocycles. The standard InChI is InChI=1S/C11H13ClN2S/c1-8-9(3-2-4-10(8)12)7-14-11-13-5-6-15-11/h2-4H,5-7H2,1H3,(H,13,14). The lowest BCUT2D eigenvalue weighted by molar-refractivity contribution is 0.913. The topological polar surface area (TPSA) is 24.4 Å². The van der Waals surface area contributed by atoms with Gasteiger partial charge in [0.25, 0.3) is 0 Å². The fourth-order valence-corrected chi connectivity index (χ4v) is 2.38. The molecular weight excluding hydrogens is 228 g/mol. The van der Waals surface area contributed by atoms with Crippen molar-refractivity contribution >= 4 is 28.5 Å². The Morgan fingerprint density at radius 2 is 2.40 bits per heavy atom. The first-order valence-corrected chi connectivity index (χ1v) is 6.29. The molecule has 80 valence electrons. The average Bonchev–Trinajstić information content (AvgIpc) is 2.73. The first-order valence-electron chi connectivity index (χ1n) is 4.92. The number of halogens is 1. The second-order valence-corrected chi connectivity index (χ2v) is 4.90. The lowest BCUT2D eigenvalue weighted by Crippen LogP contribution is -2.18. The van der Waals surface area contributed by atoms with Crippen molar-refractivity contribution in [3.05, 3.63) is 34.3 Å². The molecule has 0 bridgehead atoms. The number of thioether (sulfide) groups is 1. The van der Waals surface area contributed by atoms with Crippen molar-refractivity contribution in [3.8, 4) is 0 Å². The van der Waals surface area contributed by atoms with E-state index in [4.69, 9.17) is 11.6 Å². The van der Waals surface area contributed by atoms with Crippen LogP contribution in [-0.4, -0.2) is 17.5 Å². The Labute approximate surface area is 99.1 Å². The predicted octanol–water partition coefficient (Wildman–Crippen LogP) is 2.84. The average molecular weight is 241 g/mol. The molecule has 2 nitrogen and oxygen atoms in total. The van der Waals surface area contributed by atoms with Gasteiger partial charge in [0.15, 0.2) is 5.17 Å². The molecule has 0 fully saturated rings. The van der Waals surface area contributed by atoms with Gasteiger partial charge in [-0.2, -0.15) is 0 Å². The molecule has 0 aromatic heterocycles. The summed E-state index contributed by atoms with van der Waals surface area (Å²) in [6, 6.07) is 5.99. The lowest BCUT2D eigenvalue weighted by Gasteiger charge is -2.09. The summed E-state index contributed by atoms with van der Waals surface area (Å²) < 4.78 is 0. The third-order valence-electron chi connectivity index (χ3n) is 2.40. The Morgan fingerprint density at radius 1 is 1.53 bits per heavy atom. The van der Waals surface area contributed by atoms with Crippen LogP contribution in [-0.2, 0) is 6.54 Å². The quantitative estimate of drug-likeness (QED) is 0.860. The van der Waals surface area contributed by atoms with Crippen LogP contribution in [0.2, 0.25) is 5.02 Å². The fraction of sp³-hybridized carbons (Fsp3) is 0.364. The minimum Gasteiger partial charge on any atom is -0.361 e. The van der Waals surface area contributed by atoms with Gasteiger partial charge < -0.3 is 5.32 Å². The maximum Gasteiger partial charge on any atom is 0.156 e. The van der Waals surface area contributed by atoms with Gasteiger partial charge in [-0.15, -0.1) is 0 Å². The summed E-state index contributed by atoms with van der Waals surface area (Å²) in [5, 5.41) is 5.20. The van der Waals surface area contributed by atoms with Gasteiger partial charge in [0.2, 0.25) is 0 Å². The summed E-state index contributed by atoms with van der Waals surface area (Å²) >= 11 is 7.82. The Hall–Kier alpha value is -0.670. The van der Waals surface area contributed by atoms with Crippen LogP contribution >= 0.6 is 23.4 Å². The van der Waals surface area contributed by atoms with Gasteiger partial charge in [0.1, 0.15) is 0 Å². The maximum atomic E-state index is 6.05. The molecular formula is C11H13ClN2S. The zero-order valence-corrected chi connectivity index (χ0v) is 10.2. The van der Waals surface area contributed by atoms with E-state index in [0.717, 1.165) is 34.6 Å². The summed E-state index contributed by atoms with van der Waals surface area (Å²) in [4.78, 5) is 4.34. The molecule has 0 amide bonds. The van der Waals surface area contributed by atoms with Crippen molar-refractivity contribution < 1.29 is 0 Å². The van der Waals surface area contributed by atoms with E-state index in [1.54, 1.807) is 11.8 Å². The van der Waals surface area contributed by atoms with Crippen molar-refractivity contribution in [2.24, 2.45) is 4.99 Å². The Morgan fingerprint density at radius 3 is 3.13 bits per heavy atom. The second-order valence-electron chi connectivity index (χ2n) is 3.41. The lowest BCUT2D eigenvalue weighted by atomic mass is 10.1. The third kappa shape index (κ3) is 2.67. The molecule has 0 spiro atoms. The Bertz CT molecular complexity index is 390.